The summed E-state index contributed by atoms with van der Waals surface area (Å²) < 4.78 is 7.43. The van der Waals surface area contributed by atoms with Crippen molar-refractivity contribution in [2.75, 3.05) is 7.11 Å². The molecule has 3 rings (SSSR count). The lowest BCUT2D eigenvalue weighted by atomic mass is 10.1. The highest BCUT2D eigenvalue weighted by Crippen LogP contribution is 2.24. The van der Waals surface area contributed by atoms with Crippen LogP contribution in [-0.4, -0.2) is 28.8 Å². The molecule has 0 fully saturated rings. The molecule has 2 aromatic heterocycles. The van der Waals surface area contributed by atoms with Crippen molar-refractivity contribution in [3.63, 3.8) is 0 Å². The summed E-state index contributed by atoms with van der Waals surface area (Å²) in [6.45, 7) is 1.84. The van der Waals surface area contributed by atoms with E-state index >= 15 is 0 Å². The third-order valence-electron chi connectivity index (χ3n) is 4.12. The normalized spacial score (nSPS) is 11.8. The van der Waals surface area contributed by atoms with Crippen molar-refractivity contribution in [1.29, 1.82) is 0 Å². The van der Waals surface area contributed by atoms with Crippen LogP contribution in [0.1, 0.15) is 33.4 Å². The Kier molecular flexibility index (Phi) is 6.08. The van der Waals surface area contributed by atoms with E-state index in [1.165, 1.54) is 24.6 Å². The molecule has 0 saturated carbocycles. The van der Waals surface area contributed by atoms with Gasteiger partial charge in [0.25, 0.3) is 5.91 Å². The fourth-order valence-corrected chi connectivity index (χ4v) is 3.72. The lowest BCUT2D eigenvalue weighted by Crippen LogP contribution is -2.30. The van der Waals surface area contributed by atoms with Crippen LogP contribution in [0.15, 0.2) is 52.4 Å². The van der Waals surface area contributed by atoms with Gasteiger partial charge < -0.3 is 10.1 Å². The van der Waals surface area contributed by atoms with Gasteiger partial charge in [-0.15, -0.1) is 11.3 Å². The molecule has 0 spiro atoms. The monoisotopic (exact) mass is 447 g/mol. The molecule has 0 aliphatic carbocycles. The molecular formula is C19H18BrN3O3S. The van der Waals surface area contributed by atoms with Gasteiger partial charge in [-0.25, -0.2) is 4.68 Å². The van der Waals surface area contributed by atoms with Crippen LogP contribution in [0, 0.1) is 6.92 Å². The van der Waals surface area contributed by atoms with Crippen molar-refractivity contribution in [1.82, 2.24) is 15.1 Å². The number of esters is 1. The fourth-order valence-electron chi connectivity index (χ4n) is 2.67. The van der Waals surface area contributed by atoms with E-state index in [1.54, 1.807) is 4.68 Å². The molecule has 0 aliphatic heterocycles. The van der Waals surface area contributed by atoms with E-state index in [1.807, 2.05) is 48.7 Å². The van der Waals surface area contributed by atoms with E-state index in [9.17, 15) is 9.59 Å². The number of carbonyl (C=O) groups is 2. The number of thiophene rings is 1. The molecule has 1 atom stereocenters. The highest BCUT2D eigenvalue weighted by molar-refractivity contribution is 9.10. The predicted molar refractivity (Wildman–Crippen MR) is 107 cm³/mol. The van der Waals surface area contributed by atoms with Crippen molar-refractivity contribution in [3.8, 4) is 5.69 Å². The predicted octanol–water partition coefficient (Wildman–Crippen LogP) is 4.04. The molecule has 1 N–H and O–H groups in total. The molecule has 0 radical (unpaired) electrons. The number of benzene rings is 1. The quantitative estimate of drug-likeness (QED) is 0.578. The number of carbonyl (C=O) groups excluding carboxylic acids is 2. The van der Waals surface area contributed by atoms with Crippen LogP contribution in [-0.2, 0) is 9.53 Å². The van der Waals surface area contributed by atoms with Crippen molar-refractivity contribution in [2.45, 2.75) is 19.4 Å². The van der Waals surface area contributed by atoms with Crippen LogP contribution in [0.5, 0.6) is 0 Å². The van der Waals surface area contributed by atoms with Crippen molar-refractivity contribution < 1.29 is 14.3 Å². The Labute approximate surface area is 169 Å². The van der Waals surface area contributed by atoms with E-state index in [2.05, 4.69) is 26.3 Å². The number of nitrogens with one attached hydrogen (secondary N) is 1. The first kappa shape index (κ1) is 19.3. The molecule has 0 aliphatic rings. The average Bonchev–Trinajstić information content (AvgIpc) is 3.32. The number of methoxy groups -OCH3 is 1. The lowest BCUT2D eigenvalue weighted by molar-refractivity contribution is -0.141. The number of aromatic nitrogens is 2. The minimum atomic E-state index is -0.444. The van der Waals surface area contributed by atoms with Gasteiger partial charge in [-0.3, -0.25) is 9.59 Å². The van der Waals surface area contributed by atoms with Crippen molar-refractivity contribution in [3.05, 3.63) is 68.6 Å². The molecule has 3 aromatic rings. The van der Waals surface area contributed by atoms with Gasteiger partial charge in [0.1, 0.15) is 0 Å². The number of nitrogens with zero attached hydrogens (tertiary/aromatic N) is 2. The minimum absolute atomic E-state index is 0.0721. The van der Waals surface area contributed by atoms with Gasteiger partial charge in [0.2, 0.25) is 0 Å². The molecule has 140 valence electrons. The molecule has 1 amide bonds. The van der Waals surface area contributed by atoms with Gasteiger partial charge in [0, 0.05) is 9.35 Å². The molecule has 1 aromatic carbocycles. The first-order chi connectivity index (χ1) is 13.0. The molecule has 0 saturated heterocycles. The van der Waals surface area contributed by atoms with Crippen LogP contribution in [0.25, 0.3) is 5.69 Å². The largest absolute Gasteiger partial charge is 0.469 e. The highest BCUT2D eigenvalue weighted by atomic mass is 79.9. The summed E-state index contributed by atoms with van der Waals surface area (Å²) in [4.78, 5) is 25.4. The second kappa shape index (κ2) is 8.49. The number of hydrogen-bond acceptors (Lipinski definition) is 5. The van der Waals surface area contributed by atoms with E-state index < -0.39 is 6.04 Å². The first-order valence-corrected chi connectivity index (χ1v) is 9.88. The number of rotatable bonds is 6. The van der Waals surface area contributed by atoms with Gasteiger partial charge in [0.05, 0.1) is 42.7 Å². The number of amides is 1. The van der Waals surface area contributed by atoms with Gasteiger partial charge >= 0.3 is 5.97 Å². The Bertz CT molecular complexity index is 936. The van der Waals surface area contributed by atoms with E-state index in [-0.39, 0.29) is 18.3 Å². The summed E-state index contributed by atoms with van der Waals surface area (Å²) in [5, 5.41) is 9.17. The molecule has 8 heteroatoms. The topological polar surface area (TPSA) is 73.2 Å². The van der Waals surface area contributed by atoms with Gasteiger partial charge in [-0.2, -0.15) is 5.10 Å². The van der Waals surface area contributed by atoms with E-state index in [0.29, 0.717) is 5.56 Å². The Hall–Kier alpha value is -2.45. The standard InChI is InChI=1S/C19H18BrN3O3S/c1-12-15(11-21-23(12)14-7-5-13(20)6-8-14)19(25)22-16(10-18(24)26-2)17-4-3-9-27-17/h3-9,11,16H,10H2,1-2H3,(H,22,25)/t16-/m0/s1. The fraction of sp³-hybridized carbons (Fsp3) is 0.211. The SMILES string of the molecule is COC(=O)C[C@H](NC(=O)c1cnn(-c2ccc(Br)cc2)c1C)c1cccs1. The Morgan fingerprint density at radius 2 is 2.04 bits per heavy atom. The Morgan fingerprint density at radius 1 is 1.30 bits per heavy atom. The molecule has 6 nitrogen and oxygen atoms in total. The molecular weight excluding hydrogens is 430 g/mol. The van der Waals surface area contributed by atoms with E-state index in [0.717, 1.165) is 20.7 Å². The van der Waals surface area contributed by atoms with Crippen LogP contribution < -0.4 is 5.32 Å². The van der Waals surface area contributed by atoms with Gasteiger partial charge in [-0.1, -0.05) is 22.0 Å². The second-order valence-corrected chi connectivity index (χ2v) is 7.75. The van der Waals surface area contributed by atoms with Crippen LogP contribution >= 0.6 is 27.3 Å². The highest BCUT2D eigenvalue weighted by Gasteiger charge is 2.23. The van der Waals surface area contributed by atoms with Crippen molar-refractivity contribution >= 4 is 39.1 Å². The summed E-state index contributed by atoms with van der Waals surface area (Å²) in [6, 6.07) is 11.0. The third-order valence-corrected chi connectivity index (χ3v) is 5.63. The van der Waals surface area contributed by atoms with Gasteiger partial charge in [-0.05, 0) is 42.6 Å². The van der Waals surface area contributed by atoms with Crippen LogP contribution in [0.3, 0.4) is 0 Å². The zero-order valence-electron chi connectivity index (χ0n) is 14.8. The third kappa shape index (κ3) is 4.45. The lowest BCUT2D eigenvalue weighted by Gasteiger charge is -2.16. The van der Waals surface area contributed by atoms with Gasteiger partial charge in [0.15, 0.2) is 0 Å². The zero-order valence-corrected chi connectivity index (χ0v) is 17.2. The number of ether oxygens (including phenoxy) is 1. The Balaban J connectivity index is 1.82. The maximum Gasteiger partial charge on any atom is 0.307 e. The summed E-state index contributed by atoms with van der Waals surface area (Å²) in [6.07, 6.45) is 1.61. The van der Waals surface area contributed by atoms with E-state index in [4.69, 9.17) is 4.74 Å². The number of hydrogen-bond donors (Lipinski definition) is 1. The van der Waals surface area contributed by atoms with Crippen LogP contribution in [0.2, 0.25) is 0 Å². The molecule has 27 heavy (non-hydrogen) atoms. The average molecular weight is 448 g/mol. The maximum atomic E-state index is 12.8. The molecule has 0 unspecified atom stereocenters. The molecule has 0 bridgehead atoms. The van der Waals surface area contributed by atoms with Crippen LogP contribution in [0.4, 0.5) is 0 Å². The zero-order chi connectivity index (χ0) is 19.4. The molecule has 2 heterocycles. The second-order valence-electron chi connectivity index (χ2n) is 5.85. The van der Waals surface area contributed by atoms with Crippen molar-refractivity contribution in [2.24, 2.45) is 0 Å². The summed E-state index contributed by atoms with van der Waals surface area (Å²) in [5.74, 6) is -0.658. The summed E-state index contributed by atoms with van der Waals surface area (Å²) in [7, 11) is 1.34. The maximum absolute atomic E-state index is 12.8. The smallest absolute Gasteiger partial charge is 0.307 e. The number of halogens is 1. The first-order valence-electron chi connectivity index (χ1n) is 8.21. The Morgan fingerprint density at radius 3 is 2.67 bits per heavy atom. The minimum Gasteiger partial charge on any atom is -0.469 e. The summed E-state index contributed by atoms with van der Waals surface area (Å²) in [5.41, 5.74) is 2.04. The summed E-state index contributed by atoms with van der Waals surface area (Å²) >= 11 is 4.89.